The van der Waals surface area contributed by atoms with Gasteiger partial charge in [0.05, 0.1) is 11.2 Å². The monoisotopic (exact) mass is 521 g/mol. The summed E-state index contributed by atoms with van der Waals surface area (Å²) in [5.74, 6) is 0. The van der Waals surface area contributed by atoms with E-state index in [-0.39, 0.29) is 0 Å². The summed E-state index contributed by atoms with van der Waals surface area (Å²) in [6.07, 6.45) is 0. The van der Waals surface area contributed by atoms with E-state index in [2.05, 4.69) is 146 Å². The lowest BCUT2D eigenvalue weighted by atomic mass is 10.0. The van der Waals surface area contributed by atoms with Crippen LogP contribution in [0.15, 0.2) is 146 Å². The Morgan fingerprint density at radius 3 is 1.84 bits per heavy atom. The highest BCUT2D eigenvalue weighted by atomic mass is 32.4. The maximum atomic E-state index is 6.64. The third-order valence-corrected chi connectivity index (χ3v) is 12.3. The molecule has 0 saturated carbocycles. The molecule has 7 aromatic rings. The molecule has 0 aliphatic rings. The first-order valence-electron chi connectivity index (χ1n) is 12.7. The highest BCUT2D eigenvalue weighted by Crippen LogP contribution is 2.43. The van der Waals surface area contributed by atoms with Gasteiger partial charge in [-0.25, -0.2) is 4.98 Å². The number of hydrogen-bond acceptors (Lipinski definition) is 2. The van der Waals surface area contributed by atoms with E-state index in [1.165, 1.54) is 37.5 Å². The van der Waals surface area contributed by atoms with Gasteiger partial charge in [-0.15, -0.1) is 0 Å². The van der Waals surface area contributed by atoms with Crippen LogP contribution in [0.2, 0.25) is 0 Å². The molecule has 0 amide bonds. The molecular formula is C35H24NPS. The van der Waals surface area contributed by atoms with Gasteiger partial charge in [0.25, 0.3) is 0 Å². The van der Waals surface area contributed by atoms with Crippen molar-refractivity contribution >= 4 is 66.2 Å². The van der Waals surface area contributed by atoms with E-state index in [4.69, 9.17) is 16.8 Å². The Bertz CT molecular complexity index is 2000. The van der Waals surface area contributed by atoms with Crippen LogP contribution in [0.5, 0.6) is 0 Å². The predicted molar refractivity (Wildman–Crippen MR) is 168 cm³/mol. The lowest BCUT2D eigenvalue weighted by Crippen LogP contribution is -2.24. The van der Waals surface area contributed by atoms with Gasteiger partial charge in [-0.2, -0.15) is 0 Å². The number of hydrogen-bond donors (Lipinski definition) is 0. The zero-order valence-electron chi connectivity index (χ0n) is 20.7. The van der Waals surface area contributed by atoms with Crippen LogP contribution in [-0.2, 0) is 11.8 Å². The average molecular weight is 522 g/mol. The van der Waals surface area contributed by atoms with E-state index in [1.807, 2.05) is 0 Å². The highest BCUT2D eigenvalue weighted by molar-refractivity contribution is 8.25. The molecule has 7 rings (SSSR count). The fourth-order valence-corrected chi connectivity index (χ4v) is 9.05. The molecule has 0 saturated heterocycles. The molecule has 0 radical (unpaired) electrons. The van der Waals surface area contributed by atoms with Crippen LogP contribution in [0.3, 0.4) is 0 Å². The van der Waals surface area contributed by atoms with Gasteiger partial charge in [0, 0.05) is 22.4 Å². The van der Waals surface area contributed by atoms with Crippen molar-refractivity contribution in [3.63, 3.8) is 0 Å². The van der Waals surface area contributed by atoms with Crippen molar-refractivity contribution in [3.8, 4) is 11.3 Å². The molecule has 1 atom stereocenters. The minimum Gasteiger partial charge on any atom is -0.247 e. The fraction of sp³-hybridized carbons (Fsp3) is 0. The van der Waals surface area contributed by atoms with Crippen LogP contribution in [0.25, 0.3) is 43.7 Å². The molecule has 0 aliphatic heterocycles. The summed E-state index contributed by atoms with van der Waals surface area (Å²) in [5, 5.41) is 9.59. The van der Waals surface area contributed by atoms with Crippen LogP contribution < -0.4 is 15.9 Å². The van der Waals surface area contributed by atoms with E-state index in [1.54, 1.807) is 0 Å². The third kappa shape index (κ3) is 3.85. The quantitative estimate of drug-likeness (QED) is 0.172. The normalized spacial score (nSPS) is 13.1. The summed E-state index contributed by atoms with van der Waals surface area (Å²) in [5.41, 5.74) is 3.10. The van der Waals surface area contributed by atoms with Crippen LogP contribution in [-0.4, -0.2) is 4.98 Å². The van der Waals surface area contributed by atoms with Crippen molar-refractivity contribution < 1.29 is 0 Å². The Balaban J connectivity index is 1.36. The Hall–Kier alpha value is -4.10. The van der Waals surface area contributed by atoms with E-state index < -0.39 is 6.04 Å². The molecule has 180 valence electrons. The molecular weight excluding hydrogens is 497 g/mol. The van der Waals surface area contributed by atoms with Crippen molar-refractivity contribution in [2.24, 2.45) is 0 Å². The lowest BCUT2D eigenvalue weighted by Gasteiger charge is -2.24. The van der Waals surface area contributed by atoms with Gasteiger partial charge < -0.3 is 0 Å². The van der Waals surface area contributed by atoms with E-state index in [0.717, 1.165) is 22.2 Å². The smallest absolute Gasteiger partial charge is 0.0787 e. The minimum atomic E-state index is -2.25. The van der Waals surface area contributed by atoms with E-state index >= 15 is 0 Å². The van der Waals surface area contributed by atoms with Crippen LogP contribution in [0.4, 0.5) is 0 Å². The SMILES string of the molecule is S=P(c1ccccc1)(c1ccc(-c2ccc3ccc4ccccc4c3n2)cc1)c1ccc2ccccc2c1. The molecule has 1 heterocycles. The Morgan fingerprint density at radius 2 is 1.03 bits per heavy atom. The number of fused-ring (bicyclic) bond motifs is 4. The molecule has 1 nitrogen and oxygen atoms in total. The first kappa shape index (κ1) is 23.0. The number of nitrogens with zero attached hydrogens (tertiary/aromatic N) is 1. The molecule has 0 N–H and O–H groups in total. The number of pyridine rings is 1. The first-order valence-corrected chi connectivity index (χ1v) is 15.5. The van der Waals surface area contributed by atoms with Gasteiger partial charge in [-0.05, 0) is 44.2 Å². The summed E-state index contributed by atoms with van der Waals surface area (Å²) in [6, 6.07) is 49.4. The number of benzene rings is 6. The molecule has 0 aliphatic carbocycles. The standard InChI is InChI=1S/C35H24NPS/c38-37(30-11-2-1-3-12-30,32-22-16-25-8-4-5-10-29(25)24-32)31-20-17-27(18-21-31)34-23-19-28-15-14-26-9-6-7-13-33(26)35(28)36-34/h1-24H. The maximum absolute atomic E-state index is 6.64. The molecule has 1 unspecified atom stereocenters. The summed E-state index contributed by atoms with van der Waals surface area (Å²) in [7, 11) is 0. The van der Waals surface area contributed by atoms with Crippen LogP contribution >= 0.6 is 6.04 Å². The largest absolute Gasteiger partial charge is 0.247 e. The van der Waals surface area contributed by atoms with Gasteiger partial charge >= 0.3 is 0 Å². The topological polar surface area (TPSA) is 12.9 Å². The number of rotatable bonds is 4. The second-order valence-corrected chi connectivity index (χ2v) is 14.0. The molecule has 0 fully saturated rings. The van der Waals surface area contributed by atoms with Crippen LogP contribution in [0.1, 0.15) is 0 Å². The summed E-state index contributed by atoms with van der Waals surface area (Å²) in [4.78, 5) is 5.10. The average Bonchev–Trinajstić information content (AvgIpc) is 3.00. The van der Waals surface area contributed by atoms with Crippen molar-refractivity contribution in [1.82, 2.24) is 4.98 Å². The lowest BCUT2D eigenvalue weighted by molar-refractivity contribution is 1.41. The Kier molecular flexibility index (Phi) is 5.66. The van der Waals surface area contributed by atoms with Crippen molar-refractivity contribution in [2.75, 3.05) is 0 Å². The van der Waals surface area contributed by atoms with Gasteiger partial charge in [0.15, 0.2) is 0 Å². The van der Waals surface area contributed by atoms with Crippen molar-refractivity contribution in [2.45, 2.75) is 0 Å². The van der Waals surface area contributed by atoms with Crippen molar-refractivity contribution in [3.05, 3.63) is 146 Å². The molecule has 3 heteroatoms. The predicted octanol–water partition coefficient (Wildman–Crippen LogP) is 7.96. The third-order valence-electron chi connectivity index (χ3n) is 7.33. The summed E-state index contributed by atoms with van der Waals surface area (Å²) in [6.45, 7) is 0. The van der Waals surface area contributed by atoms with Gasteiger partial charge in [-0.3, -0.25) is 0 Å². The second kappa shape index (κ2) is 9.33. The second-order valence-electron chi connectivity index (χ2n) is 9.58. The Labute approximate surface area is 227 Å². The maximum Gasteiger partial charge on any atom is 0.0787 e. The Morgan fingerprint density at radius 1 is 0.447 bits per heavy atom. The van der Waals surface area contributed by atoms with Gasteiger partial charge in [-0.1, -0.05) is 145 Å². The van der Waals surface area contributed by atoms with E-state index in [0.29, 0.717) is 0 Å². The first-order chi connectivity index (χ1) is 18.7. The highest BCUT2D eigenvalue weighted by Gasteiger charge is 2.25. The molecule has 0 bridgehead atoms. The van der Waals surface area contributed by atoms with Gasteiger partial charge in [0.2, 0.25) is 0 Å². The minimum absolute atomic E-state index is 0.971. The zero-order valence-corrected chi connectivity index (χ0v) is 22.4. The molecule has 6 aromatic carbocycles. The summed E-state index contributed by atoms with van der Waals surface area (Å²) < 4.78 is 0. The van der Waals surface area contributed by atoms with Crippen molar-refractivity contribution in [1.29, 1.82) is 0 Å². The fourth-order valence-electron chi connectivity index (χ4n) is 5.32. The number of aromatic nitrogens is 1. The molecule has 38 heavy (non-hydrogen) atoms. The van der Waals surface area contributed by atoms with E-state index in [9.17, 15) is 0 Å². The summed E-state index contributed by atoms with van der Waals surface area (Å²) >= 11 is 6.64. The molecule has 0 spiro atoms. The van der Waals surface area contributed by atoms with Crippen LogP contribution in [0, 0.1) is 0 Å². The molecule has 1 aromatic heterocycles. The zero-order chi connectivity index (χ0) is 25.5. The van der Waals surface area contributed by atoms with Gasteiger partial charge in [0.1, 0.15) is 0 Å².